The normalized spacial score (nSPS) is 13.8. The third-order valence-corrected chi connectivity index (χ3v) is 20.0. The van der Waals surface area contributed by atoms with Crippen molar-refractivity contribution < 1.29 is 113 Å². The van der Waals surface area contributed by atoms with Gasteiger partial charge in [0, 0.05) is 76.3 Å². The van der Waals surface area contributed by atoms with E-state index >= 15 is 0 Å². The second-order valence-electron chi connectivity index (χ2n) is 28.3. The molecule has 9 aromatic heterocycles. The molecule has 0 bridgehead atoms. The Balaban J connectivity index is 0.000000178. The number of alkyl halides is 9. The maximum absolute atomic E-state index is 13.6. The number of carboxylic acid groups (broad SMARTS) is 1. The number of Topliss-reactive ketones (excluding diaryl/α,β-unsaturated/α-hetero) is 2. The SMILES string of the molecule is CCOC(=O)c1ccncc1-n1nc(Cn2nc(-c3ccc(Cl)cc3)n(C[C@H](O)C(F)(F)F)c2=O)nc1C(=O)N1CCCC(=O)C1.CCOC(=O)c1ccncc1-n1nc(Cn2nc(-c3ccc(Cl)cc3)n(C[C@H](O)C(F)(F)F)c2=O)nc1C(=O)OC.O=C1CCCN(C(=O)c2nc(Cn3nc(-c4ccc(Cl)cc4)n(C[C@H](O)C(F)(F)F)c3=O)nn2-c2cnccc2C(=O)O)C1. The van der Waals surface area contributed by atoms with Gasteiger partial charge in [0.1, 0.15) is 36.7 Å². The number of hydrogen-bond acceptors (Lipinski definition) is 29. The molecule has 688 valence electrons. The van der Waals surface area contributed by atoms with Crippen LogP contribution in [0.1, 0.15) is 120 Å². The number of benzene rings is 3. The highest BCUT2D eigenvalue weighted by Crippen LogP contribution is 2.31. The number of aliphatic hydroxyl groups is 3. The molecule has 0 unspecified atom stereocenters. The molecular formula is C78H69Cl3F9N23O18. The van der Waals surface area contributed by atoms with E-state index in [9.17, 15) is 113 Å². The summed E-state index contributed by atoms with van der Waals surface area (Å²) in [6, 6.07) is 21.1. The Morgan fingerprint density at radius 1 is 0.427 bits per heavy atom. The van der Waals surface area contributed by atoms with Crippen molar-refractivity contribution in [1.82, 2.24) is 112 Å². The fraction of sp³-hybridized carbons (Fsp3) is 0.321. The predicted molar refractivity (Wildman–Crippen MR) is 432 cm³/mol. The molecule has 3 aromatic carbocycles. The maximum atomic E-state index is 13.6. The van der Waals surface area contributed by atoms with Crippen molar-refractivity contribution in [2.24, 2.45) is 0 Å². The standard InChI is InChI=1S/C28H26ClF3N8O6.C26H22ClF3N8O6.C24H21ClF3N7O6/c1-2-46-26(44)19-9-10-33-12-20(19)40-24(25(43)37-11-3-4-18(41)13-37)34-22(35-40)15-39-27(45)38(14-21(42)28(30,31)32)23(36-39)16-5-7-17(29)8-6-16;27-15-5-3-14(4-6-15)21-34-37(25(44)36(21)12-19(40)26(28,29)30)13-20-32-22(23(41)35-9-1-2-16(39)11-35)38(33-20)18-10-31-8-7-17(18)24(42)43;1-3-41-21(37)15-8-9-29-10-16(15)35-20(22(38)40-2)30-18(31-35)12-34-23(39)33(11-17(36)24(26,27)28)19(32-34)13-4-6-14(25)7-5-13/h5-10,12,21,42H,2-4,11,13-15H2,1H3;3-8,10,19,40H,1-2,9,11-13H2,(H,42,43);4-10,17,36H,3,11-12H2,1-2H3/t21-;19-;17-/m000/s1. The van der Waals surface area contributed by atoms with Crippen LogP contribution in [0.25, 0.3) is 51.2 Å². The lowest BCUT2D eigenvalue weighted by Gasteiger charge is -2.25. The van der Waals surface area contributed by atoms with Gasteiger partial charge < -0.3 is 44.4 Å². The van der Waals surface area contributed by atoms with Crippen molar-refractivity contribution >= 4 is 82.1 Å². The Hall–Kier alpha value is -14.4. The zero-order valence-corrected chi connectivity index (χ0v) is 70.3. The van der Waals surface area contributed by atoms with Gasteiger partial charge in [-0.1, -0.05) is 34.8 Å². The number of amides is 2. The second kappa shape index (κ2) is 40.5. The molecule has 131 heavy (non-hydrogen) atoms. The van der Waals surface area contributed by atoms with Crippen LogP contribution in [-0.2, 0) is 63.1 Å². The third-order valence-electron chi connectivity index (χ3n) is 19.2. The van der Waals surface area contributed by atoms with Crippen LogP contribution < -0.4 is 17.1 Å². The van der Waals surface area contributed by atoms with E-state index < -0.39 is 129 Å². The summed E-state index contributed by atoms with van der Waals surface area (Å²) in [7, 11) is 1.09. The first-order chi connectivity index (χ1) is 62.1. The molecule has 0 radical (unpaired) electrons. The van der Waals surface area contributed by atoms with E-state index in [1.807, 2.05) is 0 Å². The minimum absolute atomic E-state index is 0.00365. The van der Waals surface area contributed by atoms with Gasteiger partial charge in [0.25, 0.3) is 11.8 Å². The lowest BCUT2D eigenvalue weighted by atomic mass is 10.1. The number of ketones is 2. The maximum Gasteiger partial charge on any atom is 0.416 e. The van der Waals surface area contributed by atoms with E-state index in [1.165, 1.54) is 132 Å². The number of methoxy groups -OCH3 is 1. The Kier molecular flexibility index (Phi) is 29.6. The molecule has 14 rings (SSSR count). The van der Waals surface area contributed by atoms with Crippen LogP contribution in [0.4, 0.5) is 39.5 Å². The predicted octanol–water partition coefficient (Wildman–Crippen LogP) is 6.39. The number of nitrogens with zero attached hydrogens (tertiary/aromatic N) is 23. The molecule has 0 aliphatic carbocycles. The molecule has 2 aliphatic heterocycles. The van der Waals surface area contributed by atoms with Crippen molar-refractivity contribution in [3.8, 4) is 51.2 Å². The van der Waals surface area contributed by atoms with E-state index in [1.54, 1.807) is 13.8 Å². The topological polar surface area (TPSA) is 502 Å². The van der Waals surface area contributed by atoms with Crippen molar-refractivity contribution in [2.45, 2.75) is 116 Å². The summed E-state index contributed by atoms with van der Waals surface area (Å²) >= 11 is 17.8. The third kappa shape index (κ3) is 22.3. The average Bonchev–Trinajstić information content (AvgIpc) is 1.63. The molecule has 2 aliphatic rings. The summed E-state index contributed by atoms with van der Waals surface area (Å²) in [6.45, 7) is -1.65. The fourth-order valence-corrected chi connectivity index (χ4v) is 13.4. The number of rotatable bonds is 26. The van der Waals surface area contributed by atoms with Crippen LogP contribution in [0.5, 0.6) is 0 Å². The fourth-order valence-electron chi connectivity index (χ4n) is 13.0. The summed E-state index contributed by atoms with van der Waals surface area (Å²) < 4.78 is 141. The summed E-state index contributed by atoms with van der Waals surface area (Å²) in [5.74, 6) is -7.89. The van der Waals surface area contributed by atoms with Crippen molar-refractivity contribution in [1.29, 1.82) is 0 Å². The Labute approximate surface area is 743 Å². The number of likely N-dealkylation sites (tertiary alicyclic amines) is 2. The van der Waals surface area contributed by atoms with Crippen LogP contribution in [0.3, 0.4) is 0 Å². The van der Waals surface area contributed by atoms with Crippen LogP contribution in [0.2, 0.25) is 15.1 Å². The molecular weight excluding hydrogens is 1820 g/mol. The number of carbonyl (C=O) groups excluding carboxylic acids is 7. The van der Waals surface area contributed by atoms with E-state index in [2.05, 4.69) is 60.5 Å². The number of carbonyl (C=O) groups is 8. The Morgan fingerprint density at radius 3 is 1.02 bits per heavy atom. The molecule has 2 fully saturated rings. The smallest absolute Gasteiger partial charge is 0.416 e. The number of aromatic carboxylic acids is 1. The van der Waals surface area contributed by atoms with Gasteiger partial charge in [-0.05, 0) is 118 Å². The molecule has 0 spiro atoms. The van der Waals surface area contributed by atoms with Crippen molar-refractivity contribution in [2.75, 3.05) is 46.5 Å². The summed E-state index contributed by atoms with van der Waals surface area (Å²) in [5, 5.41) is 65.1. The van der Waals surface area contributed by atoms with E-state index in [-0.39, 0.29) is 160 Å². The largest absolute Gasteiger partial charge is 0.478 e. The summed E-state index contributed by atoms with van der Waals surface area (Å²) in [6.07, 6.45) is -14.8. The second-order valence-corrected chi connectivity index (χ2v) is 29.6. The number of hydrogen-bond donors (Lipinski definition) is 4. The first kappa shape index (κ1) is 95.7. The highest BCUT2D eigenvalue weighted by atomic mass is 35.5. The van der Waals surface area contributed by atoms with Gasteiger partial charge in [-0.25, -0.2) is 76.6 Å². The molecule has 2 saturated heterocycles. The highest BCUT2D eigenvalue weighted by molar-refractivity contribution is 6.31. The number of esters is 3. The molecule has 11 heterocycles. The number of ether oxygens (including phenoxy) is 3. The summed E-state index contributed by atoms with van der Waals surface area (Å²) in [5.41, 5.74) is -2.85. The lowest BCUT2D eigenvalue weighted by molar-refractivity contribution is -0.207. The first-order valence-electron chi connectivity index (χ1n) is 38.7. The Morgan fingerprint density at radius 2 is 0.725 bits per heavy atom. The molecule has 41 nitrogen and oxygen atoms in total. The molecule has 53 heteroatoms. The van der Waals surface area contributed by atoms with Gasteiger partial charge in [0.2, 0.25) is 17.5 Å². The zero-order valence-electron chi connectivity index (χ0n) is 68.0. The van der Waals surface area contributed by atoms with Gasteiger partial charge in [-0.2, -0.15) is 39.5 Å². The molecule has 2 amide bonds. The van der Waals surface area contributed by atoms with Crippen LogP contribution in [-0.4, -0.2) is 263 Å². The monoisotopic (exact) mass is 1890 g/mol. The number of halogens is 12. The minimum Gasteiger partial charge on any atom is -0.478 e. The van der Waals surface area contributed by atoms with Gasteiger partial charge in [0.15, 0.2) is 64.8 Å². The molecule has 0 saturated carbocycles. The summed E-state index contributed by atoms with van der Waals surface area (Å²) in [4.78, 5) is 168. The molecule has 4 N–H and O–H groups in total. The van der Waals surface area contributed by atoms with Gasteiger partial charge >= 0.3 is 59.5 Å². The zero-order chi connectivity index (χ0) is 94.8. The van der Waals surface area contributed by atoms with E-state index in [0.717, 1.165) is 41.4 Å². The van der Waals surface area contributed by atoms with Gasteiger partial charge in [0.05, 0.1) is 88.3 Å². The lowest BCUT2D eigenvalue weighted by Crippen LogP contribution is -2.41. The first-order valence-corrected chi connectivity index (χ1v) is 39.8. The molecule has 3 atom stereocenters. The number of aromatic nitrogens is 21. The van der Waals surface area contributed by atoms with Crippen molar-refractivity contribution in [3.05, 3.63) is 226 Å². The number of carboxylic acids is 1. The molecule has 12 aromatic rings. The van der Waals surface area contributed by atoms with Crippen LogP contribution in [0.15, 0.2) is 143 Å². The van der Waals surface area contributed by atoms with E-state index in [4.69, 9.17) is 49.0 Å². The highest BCUT2D eigenvalue weighted by Gasteiger charge is 2.43. The van der Waals surface area contributed by atoms with E-state index in [0.29, 0.717) is 48.0 Å². The number of pyridine rings is 3. The quantitative estimate of drug-likeness (QED) is 0.0259. The van der Waals surface area contributed by atoms with Crippen molar-refractivity contribution in [3.63, 3.8) is 0 Å². The number of piperidine rings is 2. The van der Waals surface area contributed by atoms with Crippen LogP contribution in [0, 0.1) is 0 Å². The minimum atomic E-state index is -5.03. The van der Waals surface area contributed by atoms with Gasteiger partial charge in [-0.3, -0.25) is 47.8 Å². The van der Waals surface area contributed by atoms with Crippen LogP contribution >= 0.6 is 34.8 Å². The van der Waals surface area contributed by atoms with Gasteiger partial charge in [-0.15, -0.1) is 30.6 Å². The number of aliphatic hydroxyl groups excluding tert-OH is 3. The average molecular weight is 1890 g/mol. The Bertz CT molecular complexity index is 6480.